The van der Waals surface area contributed by atoms with Gasteiger partial charge in [0.05, 0.1) is 12.3 Å². The molecule has 0 unspecified atom stereocenters. The van der Waals surface area contributed by atoms with E-state index in [1.54, 1.807) is 18.4 Å². The van der Waals surface area contributed by atoms with Crippen molar-refractivity contribution in [3.05, 3.63) is 65.3 Å². The monoisotopic (exact) mass is 300 g/mol. The molecule has 106 valence electrons. The van der Waals surface area contributed by atoms with Crippen molar-refractivity contribution in [3.63, 3.8) is 0 Å². The molecule has 1 amide bonds. The summed E-state index contributed by atoms with van der Waals surface area (Å²) in [5.74, 6) is 0.404. The van der Waals surface area contributed by atoms with E-state index in [-0.39, 0.29) is 17.6 Å². The lowest BCUT2D eigenvalue weighted by atomic mass is 10.1. The van der Waals surface area contributed by atoms with E-state index >= 15 is 0 Å². The summed E-state index contributed by atoms with van der Waals surface area (Å²) < 4.78 is 5.26. The maximum absolute atomic E-state index is 12.3. The Balaban J connectivity index is 1.88. The van der Waals surface area contributed by atoms with Crippen molar-refractivity contribution in [1.82, 2.24) is 10.3 Å². The van der Waals surface area contributed by atoms with Crippen molar-refractivity contribution in [2.24, 2.45) is 0 Å². The zero-order chi connectivity index (χ0) is 14.8. The molecule has 0 radical (unpaired) electrons. The molecule has 5 heteroatoms. The molecule has 0 saturated carbocycles. The summed E-state index contributed by atoms with van der Waals surface area (Å²) in [4.78, 5) is 16.4. The van der Waals surface area contributed by atoms with Gasteiger partial charge in [-0.25, -0.2) is 4.98 Å². The molecular weight excluding hydrogens is 288 g/mol. The van der Waals surface area contributed by atoms with Crippen LogP contribution in [0.2, 0.25) is 5.15 Å². The molecule has 4 nitrogen and oxygen atoms in total. The molecule has 0 aliphatic heterocycles. The number of amides is 1. The van der Waals surface area contributed by atoms with Crippen LogP contribution in [-0.2, 0) is 0 Å². The van der Waals surface area contributed by atoms with E-state index in [4.69, 9.17) is 16.0 Å². The van der Waals surface area contributed by atoms with Crippen molar-refractivity contribution in [2.45, 2.75) is 13.0 Å². The average molecular weight is 301 g/mol. The molecule has 1 N–H and O–H groups in total. The number of fused-ring (bicyclic) bond motifs is 1. The van der Waals surface area contributed by atoms with Gasteiger partial charge in [-0.1, -0.05) is 35.9 Å². The molecule has 2 aromatic heterocycles. The van der Waals surface area contributed by atoms with Gasteiger partial charge in [0.1, 0.15) is 16.6 Å². The normalized spacial score (nSPS) is 12.3. The fourth-order valence-electron chi connectivity index (χ4n) is 2.15. The third-order valence-corrected chi connectivity index (χ3v) is 3.53. The molecule has 3 aromatic rings. The molecule has 2 heterocycles. The van der Waals surface area contributed by atoms with Crippen LogP contribution in [0.5, 0.6) is 0 Å². The Kier molecular flexibility index (Phi) is 3.62. The Morgan fingerprint density at radius 2 is 2.10 bits per heavy atom. The molecule has 0 aliphatic carbocycles. The predicted octanol–water partition coefficient (Wildman–Crippen LogP) is 3.97. The second kappa shape index (κ2) is 5.58. The summed E-state index contributed by atoms with van der Waals surface area (Å²) in [5, 5.41) is 4.87. The zero-order valence-electron chi connectivity index (χ0n) is 11.3. The second-order valence-corrected chi connectivity index (χ2v) is 5.09. The van der Waals surface area contributed by atoms with E-state index in [0.717, 1.165) is 10.8 Å². The molecule has 0 aliphatic rings. The molecule has 0 bridgehead atoms. The van der Waals surface area contributed by atoms with Gasteiger partial charge in [-0.3, -0.25) is 4.79 Å². The minimum atomic E-state index is -0.286. The summed E-state index contributed by atoms with van der Waals surface area (Å²) in [5.41, 5.74) is 0.289. The summed E-state index contributed by atoms with van der Waals surface area (Å²) in [6.07, 6.45) is 1.57. The van der Waals surface area contributed by atoms with Gasteiger partial charge in [-0.2, -0.15) is 0 Å². The van der Waals surface area contributed by atoms with Gasteiger partial charge in [0.2, 0.25) is 0 Å². The van der Waals surface area contributed by atoms with Crippen molar-refractivity contribution >= 4 is 28.3 Å². The number of carbonyl (C=O) groups excluding carboxylic acids is 1. The number of aromatic nitrogens is 1. The highest BCUT2D eigenvalue weighted by Gasteiger charge is 2.16. The van der Waals surface area contributed by atoms with Crippen LogP contribution in [-0.4, -0.2) is 10.9 Å². The first-order valence-corrected chi connectivity index (χ1v) is 6.92. The number of rotatable bonds is 3. The SMILES string of the molecule is C[C@H](NC(=O)c1cc2ccccc2c(Cl)n1)c1ccco1. The number of halogens is 1. The second-order valence-electron chi connectivity index (χ2n) is 4.73. The number of benzene rings is 1. The van der Waals surface area contributed by atoms with Crippen LogP contribution in [0, 0.1) is 0 Å². The number of pyridine rings is 1. The van der Waals surface area contributed by atoms with Gasteiger partial charge in [0, 0.05) is 5.39 Å². The average Bonchev–Trinajstić information content (AvgIpc) is 3.01. The van der Waals surface area contributed by atoms with E-state index in [0.29, 0.717) is 10.9 Å². The van der Waals surface area contributed by atoms with E-state index in [1.165, 1.54) is 0 Å². The van der Waals surface area contributed by atoms with Gasteiger partial charge < -0.3 is 9.73 Å². The van der Waals surface area contributed by atoms with Crippen molar-refractivity contribution in [2.75, 3.05) is 0 Å². The Morgan fingerprint density at radius 1 is 1.29 bits per heavy atom. The number of carbonyl (C=O) groups is 1. The van der Waals surface area contributed by atoms with E-state index < -0.39 is 0 Å². The molecular formula is C16H13ClN2O2. The van der Waals surface area contributed by atoms with Crippen LogP contribution in [0.25, 0.3) is 10.8 Å². The fraction of sp³-hybridized carbons (Fsp3) is 0.125. The highest BCUT2D eigenvalue weighted by molar-refractivity contribution is 6.34. The third kappa shape index (κ3) is 2.76. The Hall–Kier alpha value is -2.33. The number of nitrogens with one attached hydrogen (secondary N) is 1. The number of hydrogen-bond donors (Lipinski definition) is 1. The Bertz CT molecular complexity index is 784. The Morgan fingerprint density at radius 3 is 2.86 bits per heavy atom. The smallest absolute Gasteiger partial charge is 0.270 e. The van der Waals surface area contributed by atoms with Crippen LogP contribution in [0.1, 0.15) is 29.2 Å². The first-order valence-electron chi connectivity index (χ1n) is 6.54. The summed E-state index contributed by atoms with van der Waals surface area (Å²) in [7, 11) is 0. The molecule has 21 heavy (non-hydrogen) atoms. The van der Waals surface area contributed by atoms with Crippen LogP contribution in [0.3, 0.4) is 0 Å². The van der Waals surface area contributed by atoms with E-state index in [2.05, 4.69) is 10.3 Å². The summed E-state index contributed by atoms with van der Waals surface area (Å²) in [6, 6.07) is 12.6. The lowest BCUT2D eigenvalue weighted by Crippen LogP contribution is -2.27. The van der Waals surface area contributed by atoms with Gasteiger partial charge in [-0.05, 0) is 30.5 Å². The van der Waals surface area contributed by atoms with E-state index in [1.807, 2.05) is 37.3 Å². The van der Waals surface area contributed by atoms with Crippen LogP contribution in [0.4, 0.5) is 0 Å². The molecule has 1 atom stereocenters. The first-order chi connectivity index (χ1) is 10.1. The first kappa shape index (κ1) is 13.6. The van der Waals surface area contributed by atoms with Gasteiger partial charge in [0.25, 0.3) is 5.91 Å². The predicted molar refractivity (Wildman–Crippen MR) is 81.3 cm³/mol. The molecule has 0 saturated heterocycles. The fourth-order valence-corrected chi connectivity index (χ4v) is 2.42. The maximum Gasteiger partial charge on any atom is 0.270 e. The molecule has 1 aromatic carbocycles. The van der Waals surface area contributed by atoms with Crippen LogP contribution < -0.4 is 5.32 Å². The summed E-state index contributed by atoms with van der Waals surface area (Å²) >= 11 is 6.13. The zero-order valence-corrected chi connectivity index (χ0v) is 12.1. The van der Waals surface area contributed by atoms with E-state index in [9.17, 15) is 4.79 Å². The van der Waals surface area contributed by atoms with Gasteiger partial charge >= 0.3 is 0 Å². The van der Waals surface area contributed by atoms with Crippen molar-refractivity contribution in [1.29, 1.82) is 0 Å². The van der Waals surface area contributed by atoms with Crippen molar-refractivity contribution < 1.29 is 9.21 Å². The number of furan rings is 1. The van der Waals surface area contributed by atoms with Crippen molar-refractivity contribution in [3.8, 4) is 0 Å². The maximum atomic E-state index is 12.3. The number of hydrogen-bond acceptors (Lipinski definition) is 3. The Labute approximate surface area is 126 Å². The molecule has 3 rings (SSSR count). The number of nitrogens with zero attached hydrogens (tertiary/aromatic N) is 1. The standard InChI is InChI=1S/C16H13ClN2O2/c1-10(14-7-4-8-21-14)18-16(20)13-9-11-5-2-3-6-12(11)15(17)19-13/h2-10H,1H3,(H,18,20)/t10-/m0/s1. The molecule has 0 fully saturated rings. The highest BCUT2D eigenvalue weighted by atomic mass is 35.5. The van der Waals surface area contributed by atoms with Gasteiger partial charge in [-0.15, -0.1) is 0 Å². The molecule has 0 spiro atoms. The topological polar surface area (TPSA) is 55.1 Å². The lowest BCUT2D eigenvalue weighted by Gasteiger charge is -2.11. The lowest BCUT2D eigenvalue weighted by molar-refractivity contribution is 0.0930. The van der Waals surface area contributed by atoms with Crippen LogP contribution in [0.15, 0.2) is 53.1 Å². The largest absolute Gasteiger partial charge is 0.467 e. The quantitative estimate of drug-likeness (QED) is 0.745. The summed E-state index contributed by atoms with van der Waals surface area (Å²) in [6.45, 7) is 1.85. The third-order valence-electron chi connectivity index (χ3n) is 3.24. The van der Waals surface area contributed by atoms with Crippen LogP contribution >= 0.6 is 11.6 Å². The highest BCUT2D eigenvalue weighted by Crippen LogP contribution is 2.22. The van der Waals surface area contributed by atoms with Gasteiger partial charge in [0.15, 0.2) is 0 Å². The minimum absolute atomic E-state index is 0.237. The minimum Gasteiger partial charge on any atom is -0.467 e.